The number of ether oxygens (including phenoxy) is 9. The van der Waals surface area contributed by atoms with E-state index in [2.05, 4.69) is 5.32 Å². The van der Waals surface area contributed by atoms with E-state index in [4.69, 9.17) is 42.6 Å². The van der Waals surface area contributed by atoms with Crippen LogP contribution in [-0.2, 0) is 68.5 Å². The lowest BCUT2D eigenvalue weighted by Crippen LogP contribution is -2.64. The predicted molar refractivity (Wildman–Crippen MR) is 158 cm³/mol. The first-order valence-electron chi connectivity index (χ1n) is 14.6. The number of nitrogens with zero attached hydrogens (tertiary/aromatic N) is 1. The number of hydrogen-bond acceptors (Lipinski definition) is 16. The largest absolute Gasteiger partial charge is 0.467 e. The minimum absolute atomic E-state index is 0.0495. The molecule has 17 nitrogen and oxygen atoms in total. The second-order valence-corrected chi connectivity index (χ2v) is 10.1. The van der Waals surface area contributed by atoms with Crippen molar-refractivity contribution in [3.63, 3.8) is 0 Å². The van der Waals surface area contributed by atoms with Gasteiger partial charge in [0.05, 0.1) is 20.3 Å². The number of likely N-dealkylation sites (N-methyl/N-ethyl adjacent to an activating group) is 1. The van der Waals surface area contributed by atoms with Crippen molar-refractivity contribution >= 4 is 35.9 Å². The number of esters is 5. The summed E-state index contributed by atoms with van der Waals surface area (Å²) in [5.74, 6) is -3.55. The van der Waals surface area contributed by atoms with Gasteiger partial charge in [-0.25, -0.2) is 9.59 Å². The molecule has 47 heavy (non-hydrogen) atoms. The van der Waals surface area contributed by atoms with Crippen molar-refractivity contribution in [1.82, 2.24) is 10.2 Å². The fraction of sp³-hybridized carbons (Fsp3) is 0.600. The van der Waals surface area contributed by atoms with Gasteiger partial charge in [0.15, 0.2) is 18.3 Å². The van der Waals surface area contributed by atoms with Crippen LogP contribution in [0, 0.1) is 0 Å². The summed E-state index contributed by atoms with van der Waals surface area (Å²) in [5.41, 5.74) is 0.615. The van der Waals surface area contributed by atoms with Gasteiger partial charge in [-0.05, 0) is 17.7 Å². The van der Waals surface area contributed by atoms with Crippen LogP contribution in [0.5, 0.6) is 5.75 Å². The Balaban J connectivity index is 1.97. The first kappa shape index (κ1) is 38.7. The van der Waals surface area contributed by atoms with Crippen LogP contribution in [0.15, 0.2) is 24.3 Å². The van der Waals surface area contributed by atoms with Gasteiger partial charge in [0.1, 0.15) is 19.0 Å². The third-order valence-electron chi connectivity index (χ3n) is 6.26. The fourth-order valence-corrected chi connectivity index (χ4v) is 4.18. The Morgan fingerprint density at radius 2 is 1.38 bits per heavy atom. The number of hydrogen-bond donors (Lipinski definition) is 1. The molecule has 0 aliphatic carbocycles. The molecule has 1 aromatic rings. The standard InChI is InChI=1S/C30H42N2O15/c1-18(33)41-16-15-40-14-12-31-11-13-32(5)30(38)42-17-22-7-9-23(10-8-22)46-29-27(45-21(4)36)25(44-20(3)35)24(43-19(2)34)26(47-29)28(37)39-6/h7-10,24-27,29,31H,11-17H2,1-6H3/t24-,25-,26-,27+,29+/m0/s1. The molecule has 0 aromatic heterocycles. The summed E-state index contributed by atoms with van der Waals surface area (Å²) in [5, 5.41) is 3.13. The Hall–Kier alpha value is -4.48. The van der Waals surface area contributed by atoms with Crippen LogP contribution in [0.2, 0.25) is 0 Å². The van der Waals surface area contributed by atoms with Crippen molar-refractivity contribution in [2.24, 2.45) is 0 Å². The highest BCUT2D eigenvalue weighted by Crippen LogP contribution is 2.31. The Bertz CT molecular complexity index is 1210. The topological polar surface area (TPSA) is 201 Å². The van der Waals surface area contributed by atoms with Crippen LogP contribution in [0.25, 0.3) is 0 Å². The highest BCUT2D eigenvalue weighted by atomic mass is 16.7. The monoisotopic (exact) mass is 670 g/mol. The molecule has 1 amide bonds. The molecule has 0 unspecified atom stereocenters. The number of amides is 1. The van der Waals surface area contributed by atoms with Crippen LogP contribution in [0.1, 0.15) is 33.3 Å². The van der Waals surface area contributed by atoms with Crippen molar-refractivity contribution in [3.05, 3.63) is 29.8 Å². The van der Waals surface area contributed by atoms with Crippen molar-refractivity contribution in [2.45, 2.75) is 65.0 Å². The average molecular weight is 671 g/mol. The zero-order valence-corrected chi connectivity index (χ0v) is 27.2. The van der Waals surface area contributed by atoms with Gasteiger partial charge >= 0.3 is 35.9 Å². The highest BCUT2D eigenvalue weighted by Gasteiger charge is 2.55. The molecule has 5 atom stereocenters. The molecule has 262 valence electrons. The normalized spacial score (nSPS) is 20.3. The molecule has 1 aliphatic heterocycles. The number of benzene rings is 1. The van der Waals surface area contributed by atoms with Crippen LogP contribution in [0.4, 0.5) is 4.79 Å². The Labute approximate surface area is 271 Å². The SMILES string of the molecule is COC(=O)[C@H]1O[C@@H](Oc2ccc(COC(=O)N(C)CCNCCOCCOC(C)=O)cc2)[C@H](OC(C)=O)[C@@H](OC(C)=O)[C@@H]1OC(C)=O. The first-order chi connectivity index (χ1) is 22.3. The maximum atomic E-state index is 12.6. The van der Waals surface area contributed by atoms with E-state index in [1.165, 1.54) is 24.0 Å². The summed E-state index contributed by atoms with van der Waals surface area (Å²) in [4.78, 5) is 72.8. The van der Waals surface area contributed by atoms with E-state index in [0.29, 0.717) is 38.4 Å². The second kappa shape index (κ2) is 19.9. The lowest BCUT2D eigenvalue weighted by molar-refractivity contribution is -0.282. The molecule has 0 saturated carbocycles. The van der Waals surface area contributed by atoms with Gasteiger partial charge in [0, 0.05) is 54.4 Å². The molecule has 1 fully saturated rings. The molecular formula is C30H42N2O15. The van der Waals surface area contributed by atoms with Gasteiger partial charge in [-0.3, -0.25) is 19.2 Å². The van der Waals surface area contributed by atoms with E-state index in [1.807, 2.05) is 0 Å². The van der Waals surface area contributed by atoms with Gasteiger partial charge < -0.3 is 52.8 Å². The van der Waals surface area contributed by atoms with Gasteiger partial charge in [-0.15, -0.1) is 0 Å². The third-order valence-corrected chi connectivity index (χ3v) is 6.26. The van der Waals surface area contributed by atoms with E-state index in [-0.39, 0.29) is 24.9 Å². The number of carbonyl (C=O) groups is 6. The molecule has 0 radical (unpaired) electrons. The first-order valence-corrected chi connectivity index (χ1v) is 14.6. The average Bonchev–Trinajstić information content (AvgIpc) is 3.01. The molecule has 1 aliphatic rings. The molecule has 2 rings (SSSR count). The minimum atomic E-state index is -1.59. The van der Waals surface area contributed by atoms with Crippen molar-refractivity contribution < 1.29 is 71.4 Å². The summed E-state index contributed by atoms with van der Waals surface area (Å²) >= 11 is 0. The summed E-state index contributed by atoms with van der Waals surface area (Å²) in [6.45, 7) is 6.88. The molecular weight excluding hydrogens is 628 g/mol. The molecule has 0 spiro atoms. The van der Waals surface area contributed by atoms with Crippen molar-refractivity contribution in [3.8, 4) is 5.75 Å². The van der Waals surface area contributed by atoms with Gasteiger partial charge in [0.2, 0.25) is 12.4 Å². The molecule has 1 saturated heterocycles. The molecule has 0 bridgehead atoms. The van der Waals surface area contributed by atoms with Crippen LogP contribution in [-0.4, -0.2) is 125 Å². The quantitative estimate of drug-likeness (QED) is 0.136. The summed E-state index contributed by atoms with van der Waals surface area (Å²) in [6.07, 6.45) is -8.09. The van der Waals surface area contributed by atoms with E-state index in [1.54, 1.807) is 19.2 Å². The number of nitrogens with one attached hydrogen (secondary N) is 1. The molecule has 1 N–H and O–H groups in total. The molecule has 1 aromatic carbocycles. The number of rotatable bonds is 17. The number of methoxy groups -OCH3 is 1. The fourth-order valence-electron chi connectivity index (χ4n) is 4.18. The lowest BCUT2D eigenvalue weighted by Gasteiger charge is -2.43. The Morgan fingerprint density at radius 1 is 0.766 bits per heavy atom. The maximum absolute atomic E-state index is 12.6. The van der Waals surface area contributed by atoms with E-state index in [0.717, 1.165) is 27.9 Å². The summed E-state index contributed by atoms with van der Waals surface area (Å²) in [6, 6.07) is 6.26. The lowest BCUT2D eigenvalue weighted by atomic mass is 9.97. The smallest absolute Gasteiger partial charge is 0.409 e. The molecule has 17 heteroatoms. The highest BCUT2D eigenvalue weighted by molar-refractivity contribution is 5.77. The van der Waals surface area contributed by atoms with Gasteiger partial charge in [-0.2, -0.15) is 0 Å². The number of carbonyl (C=O) groups excluding carboxylic acids is 6. The van der Waals surface area contributed by atoms with Crippen molar-refractivity contribution in [1.29, 1.82) is 0 Å². The van der Waals surface area contributed by atoms with E-state index in [9.17, 15) is 28.8 Å². The van der Waals surface area contributed by atoms with Crippen LogP contribution >= 0.6 is 0 Å². The minimum Gasteiger partial charge on any atom is -0.467 e. The zero-order valence-electron chi connectivity index (χ0n) is 27.2. The summed E-state index contributed by atoms with van der Waals surface area (Å²) < 4.78 is 47.8. The van der Waals surface area contributed by atoms with E-state index >= 15 is 0 Å². The predicted octanol–water partition coefficient (Wildman–Crippen LogP) is 0.496. The van der Waals surface area contributed by atoms with Crippen LogP contribution in [0.3, 0.4) is 0 Å². The Morgan fingerprint density at radius 3 is 1.98 bits per heavy atom. The van der Waals surface area contributed by atoms with E-state index < -0.39 is 60.7 Å². The van der Waals surface area contributed by atoms with Gasteiger partial charge in [0.25, 0.3) is 0 Å². The zero-order chi connectivity index (χ0) is 34.9. The Kier molecular flexibility index (Phi) is 16.4. The third kappa shape index (κ3) is 13.8. The second-order valence-electron chi connectivity index (χ2n) is 10.1. The van der Waals surface area contributed by atoms with Crippen LogP contribution < -0.4 is 10.1 Å². The maximum Gasteiger partial charge on any atom is 0.409 e. The summed E-state index contributed by atoms with van der Waals surface area (Å²) in [7, 11) is 2.68. The molecule has 1 heterocycles. The van der Waals surface area contributed by atoms with Crippen molar-refractivity contribution in [2.75, 3.05) is 53.6 Å². The van der Waals surface area contributed by atoms with Gasteiger partial charge in [-0.1, -0.05) is 12.1 Å².